The molecular weight excluding hydrogens is 250 g/mol. The number of carboxylic acids is 1. The highest BCUT2D eigenvalue weighted by Gasteiger charge is 2.19. The van der Waals surface area contributed by atoms with Crippen LogP contribution in [0.1, 0.15) is 6.42 Å². The largest absolute Gasteiger partial charge is 0.504 e. The topological polar surface area (TPSA) is 95.9 Å². The van der Waals surface area contributed by atoms with E-state index in [0.29, 0.717) is 0 Å². The normalized spacial score (nSPS) is 11.1. The zero-order valence-electron chi connectivity index (χ0n) is 10.00. The van der Waals surface area contributed by atoms with Crippen LogP contribution in [-0.2, 0) is 9.59 Å². The average Bonchev–Trinajstić information content (AvgIpc) is 2.37. The molecule has 0 saturated carbocycles. The highest BCUT2D eigenvalue weighted by Crippen LogP contribution is 2.23. The van der Waals surface area contributed by atoms with Gasteiger partial charge in [-0.1, -0.05) is 12.1 Å². The van der Waals surface area contributed by atoms with Crippen molar-refractivity contribution in [2.24, 2.45) is 0 Å². The third kappa shape index (κ3) is 4.60. The summed E-state index contributed by atoms with van der Waals surface area (Å²) in [5.74, 6) is 0.351. The van der Waals surface area contributed by atoms with Crippen LogP contribution in [0.25, 0.3) is 0 Å². The molecule has 0 aliphatic rings. The van der Waals surface area contributed by atoms with Gasteiger partial charge in [0.25, 0.3) is 5.91 Å². The van der Waals surface area contributed by atoms with Crippen molar-refractivity contribution in [3.8, 4) is 23.8 Å². The number of ether oxygens (including phenoxy) is 1. The van der Waals surface area contributed by atoms with E-state index in [4.69, 9.17) is 16.3 Å². The van der Waals surface area contributed by atoms with Crippen LogP contribution in [0.3, 0.4) is 0 Å². The van der Waals surface area contributed by atoms with E-state index in [0.717, 1.165) is 0 Å². The maximum absolute atomic E-state index is 11.5. The Morgan fingerprint density at radius 3 is 2.68 bits per heavy atom. The first-order chi connectivity index (χ1) is 9.04. The second-order valence-electron chi connectivity index (χ2n) is 3.62. The van der Waals surface area contributed by atoms with E-state index in [1.165, 1.54) is 12.1 Å². The molecule has 6 heteroatoms. The molecule has 0 aliphatic carbocycles. The minimum atomic E-state index is -1.21. The zero-order chi connectivity index (χ0) is 14.3. The van der Waals surface area contributed by atoms with E-state index in [2.05, 4.69) is 11.2 Å². The smallest absolute Gasteiger partial charge is 0.327 e. The molecular formula is C13H13NO5. The number of para-hydroxylation sites is 2. The molecule has 0 heterocycles. The summed E-state index contributed by atoms with van der Waals surface area (Å²) in [6, 6.07) is 4.98. The number of rotatable bonds is 6. The number of hydrogen-bond acceptors (Lipinski definition) is 4. The van der Waals surface area contributed by atoms with Gasteiger partial charge in [-0.25, -0.2) is 4.79 Å². The van der Waals surface area contributed by atoms with Gasteiger partial charge in [0.15, 0.2) is 18.1 Å². The molecule has 0 spiro atoms. The first-order valence-corrected chi connectivity index (χ1v) is 5.41. The van der Waals surface area contributed by atoms with Crippen LogP contribution in [0.15, 0.2) is 24.3 Å². The van der Waals surface area contributed by atoms with Crippen LogP contribution >= 0.6 is 0 Å². The first-order valence-electron chi connectivity index (χ1n) is 5.41. The minimum absolute atomic E-state index is 0.103. The van der Waals surface area contributed by atoms with Gasteiger partial charge >= 0.3 is 5.97 Å². The van der Waals surface area contributed by atoms with Gasteiger partial charge in [-0.15, -0.1) is 12.3 Å². The number of aromatic hydroxyl groups is 1. The van der Waals surface area contributed by atoms with Gasteiger partial charge in [-0.3, -0.25) is 4.79 Å². The Balaban J connectivity index is 2.50. The summed E-state index contributed by atoms with van der Waals surface area (Å²) in [6.45, 7) is -0.411. The van der Waals surface area contributed by atoms with Gasteiger partial charge in [-0.05, 0) is 12.1 Å². The van der Waals surface area contributed by atoms with Crippen LogP contribution in [0, 0.1) is 12.3 Å². The lowest BCUT2D eigenvalue weighted by atomic mass is 10.2. The third-order valence-electron chi connectivity index (χ3n) is 2.18. The Morgan fingerprint density at radius 1 is 1.42 bits per heavy atom. The van der Waals surface area contributed by atoms with Crippen molar-refractivity contribution < 1.29 is 24.5 Å². The Hall–Kier alpha value is -2.68. The van der Waals surface area contributed by atoms with Crippen LogP contribution in [0.2, 0.25) is 0 Å². The Bertz CT molecular complexity index is 506. The molecule has 0 radical (unpaired) electrons. The Labute approximate surface area is 110 Å². The molecule has 0 saturated heterocycles. The summed E-state index contributed by atoms with van der Waals surface area (Å²) in [7, 11) is 0. The fourth-order valence-electron chi connectivity index (χ4n) is 1.28. The standard InChI is InChI=1S/C13H13NO5/c1-2-5-9(13(17)18)14-12(16)8-19-11-7-4-3-6-10(11)15/h1,3-4,6-7,9,15H,5,8H2,(H,14,16)(H,17,18). The zero-order valence-corrected chi connectivity index (χ0v) is 10.00. The molecule has 0 aliphatic heterocycles. The van der Waals surface area contributed by atoms with Crippen molar-refractivity contribution in [3.63, 3.8) is 0 Å². The number of terminal acetylenes is 1. The number of phenolic OH excluding ortho intramolecular Hbond substituents is 1. The molecule has 19 heavy (non-hydrogen) atoms. The number of carbonyl (C=O) groups excluding carboxylic acids is 1. The van der Waals surface area contributed by atoms with Gasteiger partial charge in [0, 0.05) is 6.42 Å². The van der Waals surface area contributed by atoms with Crippen molar-refractivity contribution in [2.75, 3.05) is 6.61 Å². The van der Waals surface area contributed by atoms with Crippen molar-refractivity contribution in [1.82, 2.24) is 5.32 Å². The summed E-state index contributed by atoms with van der Waals surface area (Å²) in [4.78, 5) is 22.2. The van der Waals surface area contributed by atoms with Crippen LogP contribution in [0.5, 0.6) is 11.5 Å². The van der Waals surface area contributed by atoms with Gasteiger partial charge in [-0.2, -0.15) is 0 Å². The number of nitrogens with one attached hydrogen (secondary N) is 1. The molecule has 0 aromatic heterocycles. The number of aliphatic carboxylic acids is 1. The van der Waals surface area contributed by atoms with Crippen LogP contribution in [0.4, 0.5) is 0 Å². The number of benzene rings is 1. The monoisotopic (exact) mass is 263 g/mol. The molecule has 0 bridgehead atoms. The molecule has 0 fully saturated rings. The van der Waals surface area contributed by atoms with Gasteiger partial charge in [0.2, 0.25) is 0 Å². The molecule has 1 rings (SSSR count). The second-order valence-corrected chi connectivity index (χ2v) is 3.62. The number of hydrogen-bond donors (Lipinski definition) is 3. The number of carboxylic acid groups (broad SMARTS) is 1. The Kier molecular flexibility index (Phi) is 5.23. The van der Waals surface area contributed by atoms with Gasteiger partial charge in [0.05, 0.1) is 0 Å². The van der Waals surface area contributed by atoms with Crippen molar-refractivity contribution in [3.05, 3.63) is 24.3 Å². The molecule has 6 nitrogen and oxygen atoms in total. The quantitative estimate of drug-likeness (QED) is 0.644. The summed E-state index contributed by atoms with van der Waals surface area (Å²) < 4.78 is 5.05. The summed E-state index contributed by atoms with van der Waals surface area (Å²) in [5.41, 5.74) is 0. The molecule has 1 atom stereocenters. The van der Waals surface area contributed by atoms with Crippen LogP contribution in [-0.4, -0.2) is 34.7 Å². The van der Waals surface area contributed by atoms with Gasteiger partial charge in [0.1, 0.15) is 6.04 Å². The number of carbonyl (C=O) groups is 2. The SMILES string of the molecule is C#CCC(NC(=O)COc1ccccc1O)C(=O)O. The van der Waals surface area contributed by atoms with E-state index in [1.54, 1.807) is 12.1 Å². The fourth-order valence-corrected chi connectivity index (χ4v) is 1.28. The fraction of sp³-hybridized carbons (Fsp3) is 0.231. The molecule has 1 aromatic rings. The van der Waals surface area contributed by atoms with Crippen molar-refractivity contribution in [1.29, 1.82) is 0 Å². The number of amides is 1. The highest BCUT2D eigenvalue weighted by molar-refractivity contribution is 5.84. The summed E-state index contributed by atoms with van der Waals surface area (Å²) >= 11 is 0. The maximum Gasteiger partial charge on any atom is 0.327 e. The van der Waals surface area contributed by atoms with Crippen molar-refractivity contribution in [2.45, 2.75) is 12.5 Å². The van der Waals surface area contributed by atoms with Crippen LogP contribution < -0.4 is 10.1 Å². The van der Waals surface area contributed by atoms with Gasteiger partial charge < -0.3 is 20.3 Å². The summed E-state index contributed by atoms with van der Waals surface area (Å²) in [5, 5.41) is 20.4. The van der Waals surface area contributed by atoms with E-state index in [-0.39, 0.29) is 17.9 Å². The first kappa shape index (κ1) is 14.4. The predicted molar refractivity (Wildman–Crippen MR) is 66.6 cm³/mol. The molecule has 100 valence electrons. The van der Waals surface area contributed by atoms with E-state index < -0.39 is 24.5 Å². The predicted octanol–water partition coefficient (Wildman–Crippen LogP) is 0.364. The highest BCUT2D eigenvalue weighted by atomic mass is 16.5. The third-order valence-corrected chi connectivity index (χ3v) is 2.18. The minimum Gasteiger partial charge on any atom is -0.504 e. The lowest BCUT2D eigenvalue weighted by Gasteiger charge is -2.12. The lowest BCUT2D eigenvalue weighted by Crippen LogP contribution is -2.42. The number of phenols is 1. The lowest BCUT2D eigenvalue weighted by molar-refractivity contribution is -0.141. The van der Waals surface area contributed by atoms with Crippen molar-refractivity contribution >= 4 is 11.9 Å². The van der Waals surface area contributed by atoms with E-state index >= 15 is 0 Å². The summed E-state index contributed by atoms with van der Waals surface area (Å²) in [6.07, 6.45) is 4.89. The second kappa shape index (κ2) is 6.91. The molecule has 1 amide bonds. The Morgan fingerprint density at radius 2 is 2.11 bits per heavy atom. The molecule has 1 aromatic carbocycles. The van der Waals surface area contributed by atoms with E-state index in [1.807, 2.05) is 0 Å². The maximum atomic E-state index is 11.5. The molecule has 1 unspecified atom stereocenters. The average molecular weight is 263 g/mol. The van der Waals surface area contributed by atoms with E-state index in [9.17, 15) is 14.7 Å². The molecule has 3 N–H and O–H groups in total.